The zero-order chi connectivity index (χ0) is 30.1. The molecule has 12 heteroatoms. The first-order valence-corrected chi connectivity index (χ1v) is 15.5. The van der Waals surface area contributed by atoms with Crippen LogP contribution in [-0.4, -0.2) is 83.6 Å². The Morgan fingerprint density at radius 2 is 1.80 bits per heavy atom. The van der Waals surface area contributed by atoms with Crippen molar-refractivity contribution >= 4 is 39.1 Å². The summed E-state index contributed by atoms with van der Waals surface area (Å²) in [7, 11) is 0. The second-order valence-electron chi connectivity index (χ2n) is 12.3. The standard InChI is InChI=1S/C32H31ClF3N5O3/c33-24-11-23-30(29(36)27(24)22-10-21(42)8-16-2-5-25(34)28(35)26(16)22)38-32(39-31(23)40-12-17-3-4-18(13-40)37-17)44-7-1-6-41-19-9-20(41)15-43-14-19/h2,5,8,10-11,17-20,37,42H,1,3-4,6-7,9,12-15H2. The minimum Gasteiger partial charge on any atom is -0.508 e. The number of phenols is 1. The van der Waals surface area contributed by atoms with E-state index in [9.17, 15) is 9.50 Å². The van der Waals surface area contributed by atoms with Crippen LogP contribution >= 0.6 is 11.6 Å². The van der Waals surface area contributed by atoms with E-state index in [1.54, 1.807) is 6.07 Å². The number of hydrogen-bond donors (Lipinski definition) is 2. The SMILES string of the molecule is Oc1cc(-c2c(Cl)cc3c(N4CC5CCC(C4)N5)nc(OCCCN4C5COCC4C5)nc3c2F)c2c(F)c(F)ccc2c1. The van der Waals surface area contributed by atoms with Gasteiger partial charge in [-0.1, -0.05) is 17.7 Å². The molecule has 0 amide bonds. The fourth-order valence-corrected chi connectivity index (χ4v) is 7.74. The first kappa shape index (κ1) is 28.1. The Morgan fingerprint density at radius 3 is 2.55 bits per heavy atom. The molecule has 0 radical (unpaired) electrons. The number of benzene rings is 3. The largest absolute Gasteiger partial charge is 0.508 e. The van der Waals surface area contributed by atoms with Gasteiger partial charge < -0.3 is 24.8 Å². The van der Waals surface area contributed by atoms with Crippen molar-refractivity contribution in [2.75, 3.05) is 44.4 Å². The third-order valence-corrected chi connectivity index (χ3v) is 9.81. The maximum absolute atomic E-state index is 16.7. The van der Waals surface area contributed by atoms with E-state index in [1.807, 2.05) is 0 Å². The Bertz CT molecular complexity index is 1770. The van der Waals surface area contributed by atoms with E-state index < -0.39 is 17.5 Å². The predicted octanol–water partition coefficient (Wildman–Crippen LogP) is 5.41. The van der Waals surface area contributed by atoms with Crippen LogP contribution in [0.15, 0.2) is 30.3 Å². The van der Waals surface area contributed by atoms with Gasteiger partial charge in [-0.3, -0.25) is 4.90 Å². The Labute approximate surface area is 256 Å². The maximum Gasteiger partial charge on any atom is 0.319 e. The van der Waals surface area contributed by atoms with Gasteiger partial charge in [0.05, 0.1) is 24.8 Å². The molecule has 4 bridgehead atoms. The number of morpholine rings is 1. The van der Waals surface area contributed by atoms with E-state index in [1.165, 1.54) is 24.6 Å². The molecule has 0 spiro atoms. The molecule has 8 nitrogen and oxygen atoms in total. The lowest BCUT2D eigenvalue weighted by atomic mass is 9.91. The van der Waals surface area contributed by atoms with Gasteiger partial charge in [0.2, 0.25) is 0 Å². The number of phenolic OH excluding ortho intramolecular Hbond substituents is 1. The average Bonchev–Trinajstić information content (AvgIpc) is 3.35. The van der Waals surface area contributed by atoms with Gasteiger partial charge in [0.15, 0.2) is 17.5 Å². The minimum absolute atomic E-state index is 0.0359. The smallest absolute Gasteiger partial charge is 0.319 e. The van der Waals surface area contributed by atoms with Crippen molar-refractivity contribution < 1.29 is 27.8 Å². The Morgan fingerprint density at radius 1 is 1.02 bits per heavy atom. The lowest BCUT2D eigenvalue weighted by molar-refractivity contribution is -0.127. The molecule has 1 aromatic heterocycles. The Hall–Kier alpha value is -3.38. The molecule has 3 aromatic carbocycles. The van der Waals surface area contributed by atoms with Crippen LogP contribution in [0, 0.1) is 17.5 Å². The zero-order valence-corrected chi connectivity index (χ0v) is 24.6. The monoisotopic (exact) mass is 625 g/mol. The summed E-state index contributed by atoms with van der Waals surface area (Å²) in [5, 5.41) is 14.4. The molecule has 44 heavy (non-hydrogen) atoms. The molecule has 0 aliphatic carbocycles. The van der Waals surface area contributed by atoms with Gasteiger partial charge in [0.1, 0.15) is 17.1 Å². The third-order valence-electron chi connectivity index (χ3n) is 9.51. The number of aromatic hydroxyl groups is 1. The normalized spacial score (nSPS) is 24.7. The van der Waals surface area contributed by atoms with Crippen molar-refractivity contribution in [1.82, 2.24) is 20.2 Å². The van der Waals surface area contributed by atoms with Gasteiger partial charge in [0, 0.05) is 65.7 Å². The summed E-state index contributed by atoms with van der Waals surface area (Å²) in [6.45, 7) is 4.10. The van der Waals surface area contributed by atoms with Crippen LogP contribution in [0.3, 0.4) is 0 Å². The Balaban J connectivity index is 1.20. The van der Waals surface area contributed by atoms with Crippen LogP contribution in [0.25, 0.3) is 32.8 Å². The predicted molar refractivity (Wildman–Crippen MR) is 161 cm³/mol. The van der Waals surface area contributed by atoms with Crippen LogP contribution in [0.5, 0.6) is 11.8 Å². The van der Waals surface area contributed by atoms with Crippen molar-refractivity contribution in [2.45, 2.75) is 49.9 Å². The van der Waals surface area contributed by atoms with Crippen LogP contribution in [0.4, 0.5) is 19.0 Å². The second-order valence-corrected chi connectivity index (χ2v) is 12.7. The van der Waals surface area contributed by atoms with Crippen LogP contribution in [0.1, 0.15) is 25.7 Å². The fraction of sp³-hybridized carbons (Fsp3) is 0.438. The molecular weight excluding hydrogens is 595 g/mol. The first-order chi connectivity index (χ1) is 21.3. The summed E-state index contributed by atoms with van der Waals surface area (Å²) in [5.41, 5.74) is -0.307. The third kappa shape index (κ3) is 4.72. The molecular formula is C32H31ClF3N5O3. The number of ether oxygens (including phenoxy) is 2. The summed E-state index contributed by atoms with van der Waals surface area (Å²) in [6.07, 6.45) is 4.00. The van der Waals surface area contributed by atoms with Crippen LogP contribution in [-0.2, 0) is 4.74 Å². The molecule has 8 rings (SSSR count). The maximum atomic E-state index is 16.7. The van der Waals surface area contributed by atoms with Crippen LogP contribution < -0.4 is 15.0 Å². The average molecular weight is 626 g/mol. The van der Waals surface area contributed by atoms with Crippen molar-refractivity contribution in [3.8, 4) is 22.9 Å². The van der Waals surface area contributed by atoms with E-state index in [0.717, 1.165) is 45.1 Å². The minimum atomic E-state index is -1.16. The van der Waals surface area contributed by atoms with Crippen molar-refractivity contribution in [2.24, 2.45) is 0 Å². The molecule has 230 valence electrons. The summed E-state index contributed by atoms with van der Waals surface area (Å²) in [4.78, 5) is 13.8. The summed E-state index contributed by atoms with van der Waals surface area (Å²) < 4.78 is 57.8. The molecule has 0 saturated carbocycles. The lowest BCUT2D eigenvalue weighted by Gasteiger charge is -2.52. The summed E-state index contributed by atoms with van der Waals surface area (Å²) in [5.74, 6) is -2.80. The number of anilines is 1. The number of fused-ring (bicyclic) bond motifs is 6. The Kier molecular flexibility index (Phi) is 6.97. The molecule has 4 unspecified atom stereocenters. The highest BCUT2D eigenvalue weighted by Crippen LogP contribution is 2.44. The molecule has 4 aliphatic heterocycles. The van der Waals surface area contributed by atoms with Gasteiger partial charge in [0.25, 0.3) is 0 Å². The molecule has 4 saturated heterocycles. The van der Waals surface area contributed by atoms with Gasteiger partial charge in [-0.25, -0.2) is 13.2 Å². The van der Waals surface area contributed by atoms with Crippen molar-refractivity contribution in [3.05, 3.63) is 52.8 Å². The number of hydrogen-bond acceptors (Lipinski definition) is 8. The van der Waals surface area contributed by atoms with Gasteiger partial charge in [-0.05, 0) is 55.3 Å². The van der Waals surface area contributed by atoms with E-state index in [4.69, 9.17) is 26.1 Å². The summed E-state index contributed by atoms with van der Waals surface area (Å²) in [6, 6.07) is 7.88. The quantitative estimate of drug-likeness (QED) is 0.264. The number of halogens is 4. The van der Waals surface area contributed by atoms with Crippen molar-refractivity contribution in [1.29, 1.82) is 0 Å². The molecule has 4 fully saturated rings. The zero-order valence-electron chi connectivity index (χ0n) is 23.8. The highest BCUT2D eigenvalue weighted by molar-refractivity contribution is 6.35. The van der Waals surface area contributed by atoms with E-state index in [-0.39, 0.29) is 44.2 Å². The molecule has 4 aromatic rings. The molecule has 2 N–H and O–H groups in total. The highest BCUT2D eigenvalue weighted by Gasteiger charge is 2.41. The second kappa shape index (κ2) is 10.9. The van der Waals surface area contributed by atoms with Crippen LogP contribution in [0.2, 0.25) is 5.02 Å². The number of aromatic nitrogens is 2. The molecule has 4 aliphatic rings. The first-order valence-electron chi connectivity index (χ1n) is 15.1. The van der Waals surface area contributed by atoms with Gasteiger partial charge in [-0.2, -0.15) is 9.97 Å². The van der Waals surface area contributed by atoms with Crippen molar-refractivity contribution in [3.63, 3.8) is 0 Å². The highest BCUT2D eigenvalue weighted by atomic mass is 35.5. The van der Waals surface area contributed by atoms with E-state index >= 15 is 8.78 Å². The summed E-state index contributed by atoms with van der Waals surface area (Å²) >= 11 is 6.73. The lowest BCUT2D eigenvalue weighted by Crippen LogP contribution is -2.63. The molecule has 5 heterocycles. The van der Waals surface area contributed by atoms with E-state index in [0.29, 0.717) is 55.1 Å². The van der Waals surface area contributed by atoms with Gasteiger partial charge in [-0.15, -0.1) is 0 Å². The van der Waals surface area contributed by atoms with Gasteiger partial charge >= 0.3 is 6.01 Å². The fourth-order valence-electron chi connectivity index (χ4n) is 7.45. The number of rotatable bonds is 7. The number of nitrogens with one attached hydrogen (secondary N) is 1. The number of piperazine rings is 1. The number of nitrogens with zero attached hydrogens (tertiary/aromatic N) is 4. The van der Waals surface area contributed by atoms with E-state index in [2.05, 4.69) is 20.1 Å². The molecule has 4 atom stereocenters. The topological polar surface area (TPSA) is 83.0 Å².